The van der Waals surface area contributed by atoms with Gasteiger partial charge in [-0.25, -0.2) is 4.79 Å². The second-order valence-corrected chi connectivity index (χ2v) is 6.87. The largest absolute Gasteiger partial charge is 0.444 e. The van der Waals surface area contributed by atoms with Gasteiger partial charge >= 0.3 is 6.09 Å². The quantitative estimate of drug-likeness (QED) is 0.757. The molecule has 4 nitrogen and oxygen atoms in total. The Labute approximate surface area is 117 Å². The Balaban J connectivity index is 2.40. The van der Waals surface area contributed by atoms with Gasteiger partial charge in [-0.3, -0.25) is 0 Å². The van der Waals surface area contributed by atoms with E-state index in [9.17, 15) is 4.79 Å². The van der Waals surface area contributed by atoms with E-state index in [1.807, 2.05) is 26.1 Å². The van der Waals surface area contributed by atoms with Gasteiger partial charge in [0.05, 0.1) is 0 Å². The minimum Gasteiger partial charge on any atom is -0.444 e. The van der Waals surface area contributed by atoms with Crippen LogP contribution in [0.25, 0.3) is 0 Å². The molecule has 0 aliphatic heterocycles. The fraction of sp³-hybridized carbons (Fsp3) is 0.833. The smallest absolute Gasteiger partial charge is 0.407 e. The lowest BCUT2D eigenvalue weighted by Crippen LogP contribution is -2.50. The highest BCUT2D eigenvalue weighted by Gasteiger charge is 2.31. The maximum Gasteiger partial charge on any atom is 0.407 e. The van der Waals surface area contributed by atoms with Gasteiger partial charge < -0.3 is 15.8 Å². The zero-order valence-electron chi connectivity index (χ0n) is 11.2. The van der Waals surface area contributed by atoms with Gasteiger partial charge in [0.15, 0.2) is 0 Å². The minimum atomic E-state index is -0.455. The highest BCUT2D eigenvalue weighted by molar-refractivity contribution is 8.16. The van der Waals surface area contributed by atoms with Crippen LogP contribution >= 0.6 is 0 Å². The van der Waals surface area contributed by atoms with Crippen LogP contribution in [0.2, 0.25) is 0 Å². The van der Waals surface area contributed by atoms with Crippen LogP contribution in [0.5, 0.6) is 0 Å². The fourth-order valence-electron chi connectivity index (χ4n) is 1.99. The molecule has 0 heterocycles. The van der Waals surface area contributed by atoms with Gasteiger partial charge in [0.2, 0.25) is 0 Å². The van der Waals surface area contributed by atoms with E-state index in [1.165, 1.54) is 9.91 Å². The summed E-state index contributed by atoms with van der Waals surface area (Å²) in [5.41, 5.74) is 5.44. The summed E-state index contributed by atoms with van der Waals surface area (Å²) < 4.78 is 5.23. The molecule has 104 valence electrons. The van der Waals surface area contributed by atoms with Crippen LogP contribution in [0.3, 0.4) is 0 Å². The third-order valence-electron chi connectivity index (χ3n) is 2.92. The summed E-state index contributed by atoms with van der Waals surface area (Å²) in [6, 6.07) is 0.153. The van der Waals surface area contributed by atoms with Crippen LogP contribution in [0.15, 0.2) is 0 Å². The normalized spacial score (nSPS) is 28.3. The second-order valence-electron chi connectivity index (χ2n) is 5.87. The predicted octanol–water partition coefficient (Wildman–Crippen LogP) is 1.50. The van der Waals surface area contributed by atoms with Crippen molar-refractivity contribution in [2.45, 2.75) is 63.6 Å². The average molecular weight is 290 g/mol. The van der Waals surface area contributed by atoms with Crippen molar-refractivity contribution in [1.29, 1.82) is 0 Å². The molecular formula is C12H22N2O2S2. The molecule has 6 heteroatoms. The van der Waals surface area contributed by atoms with E-state index in [0.29, 0.717) is 0 Å². The standard InChI is InChI=1S/C12H22N2O2S2/c1-11(2,3)16-10(15)14-9-4-6-12(13,7-5-9)8-18-17/h8-9H,4-7,13H2,1-3H3,(H,14,15)/t9-,12-. The van der Waals surface area contributed by atoms with Gasteiger partial charge in [-0.05, 0) is 63.0 Å². The molecule has 0 aromatic rings. The van der Waals surface area contributed by atoms with Crippen molar-refractivity contribution < 1.29 is 9.53 Å². The topological polar surface area (TPSA) is 64.3 Å². The Kier molecular flexibility index (Phi) is 5.31. The van der Waals surface area contributed by atoms with Gasteiger partial charge in [0, 0.05) is 11.6 Å². The van der Waals surface area contributed by atoms with Crippen molar-refractivity contribution in [3.63, 3.8) is 0 Å². The Morgan fingerprint density at radius 3 is 2.50 bits per heavy atom. The molecule has 0 saturated heterocycles. The number of carbonyl (C=O) groups is 1. The summed E-state index contributed by atoms with van der Waals surface area (Å²) in [5.74, 6) is 0. The van der Waals surface area contributed by atoms with Crippen LogP contribution in [0.1, 0.15) is 46.5 Å². The first-order chi connectivity index (χ1) is 8.24. The fourth-order valence-corrected chi connectivity index (χ4v) is 2.99. The highest BCUT2D eigenvalue weighted by atomic mass is 32.8. The second kappa shape index (κ2) is 6.12. The molecule has 0 atom stereocenters. The monoisotopic (exact) mass is 290 g/mol. The van der Waals surface area contributed by atoms with E-state index in [4.69, 9.17) is 21.7 Å². The first-order valence-electron chi connectivity index (χ1n) is 6.15. The molecule has 1 amide bonds. The maximum absolute atomic E-state index is 11.6. The summed E-state index contributed by atoms with van der Waals surface area (Å²) >= 11 is 4.86. The zero-order valence-corrected chi connectivity index (χ0v) is 12.8. The molecule has 1 aliphatic carbocycles. The molecule has 1 rings (SSSR count). The lowest BCUT2D eigenvalue weighted by molar-refractivity contribution is 0.0489. The summed E-state index contributed by atoms with van der Waals surface area (Å²) in [6.07, 6.45) is 3.07. The summed E-state index contributed by atoms with van der Waals surface area (Å²) in [5, 5.41) is 4.81. The lowest BCUT2D eigenvalue weighted by Gasteiger charge is -2.34. The molecule has 0 aromatic carbocycles. The summed E-state index contributed by atoms with van der Waals surface area (Å²) in [7, 11) is 1.25. The molecule has 0 bridgehead atoms. The van der Waals surface area contributed by atoms with Crippen LogP contribution < -0.4 is 11.1 Å². The van der Waals surface area contributed by atoms with Crippen LogP contribution in [-0.2, 0) is 25.8 Å². The Morgan fingerprint density at radius 2 is 2.06 bits per heavy atom. The number of hydrogen-bond donors (Lipinski definition) is 2. The number of rotatable bonds is 2. The van der Waals surface area contributed by atoms with Crippen LogP contribution in [-0.4, -0.2) is 28.6 Å². The third kappa shape index (κ3) is 5.46. The van der Waals surface area contributed by atoms with E-state index < -0.39 is 5.60 Å². The number of nitrogens with two attached hydrogens (primary N) is 1. The number of nitrogens with one attached hydrogen (secondary N) is 1. The number of carbonyl (C=O) groups excluding carboxylic acids is 1. The van der Waals surface area contributed by atoms with Crippen molar-refractivity contribution in [2.75, 3.05) is 0 Å². The zero-order chi connectivity index (χ0) is 13.8. The van der Waals surface area contributed by atoms with Crippen LogP contribution in [0.4, 0.5) is 4.79 Å². The summed E-state index contributed by atoms with van der Waals surface area (Å²) in [4.78, 5) is 11.6. The van der Waals surface area contributed by atoms with E-state index in [2.05, 4.69) is 5.32 Å². The van der Waals surface area contributed by atoms with Gasteiger partial charge in [-0.2, -0.15) is 0 Å². The Bertz CT molecular complexity index is 352. The number of amides is 1. The first kappa shape index (κ1) is 15.6. The van der Waals surface area contributed by atoms with E-state index in [-0.39, 0.29) is 17.7 Å². The van der Waals surface area contributed by atoms with Crippen molar-refractivity contribution in [2.24, 2.45) is 5.73 Å². The average Bonchev–Trinajstić information content (AvgIpc) is 2.19. The SMILES string of the molecule is CC(C)(C)OC(=O)N[C@H]1CC[C@@](N)(C=S=S)CC1. The number of ether oxygens (including phenoxy) is 1. The van der Waals surface area contributed by atoms with Gasteiger partial charge in [-0.1, -0.05) is 9.91 Å². The summed E-state index contributed by atoms with van der Waals surface area (Å²) in [6.45, 7) is 5.57. The van der Waals surface area contributed by atoms with Crippen molar-refractivity contribution in [3.05, 3.63) is 0 Å². The van der Waals surface area contributed by atoms with Crippen molar-refractivity contribution in [3.8, 4) is 0 Å². The molecule has 3 N–H and O–H groups in total. The van der Waals surface area contributed by atoms with Crippen molar-refractivity contribution >= 4 is 32.6 Å². The lowest BCUT2D eigenvalue weighted by atomic mass is 9.81. The molecule has 0 spiro atoms. The molecule has 0 aromatic heterocycles. The molecular weight excluding hydrogens is 268 g/mol. The van der Waals surface area contributed by atoms with Crippen molar-refractivity contribution in [1.82, 2.24) is 5.32 Å². The van der Waals surface area contributed by atoms with Crippen LogP contribution in [0, 0.1) is 0 Å². The van der Waals surface area contributed by atoms with E-state index >= 15 is 0 Å². The molecule has 1 aliphatic rings. The Hall–Kier alpha value is -0.460. The van der Waals surface area contributed by atoms with Gasteiger partial charge in [0.25, 0.3) is 0 Å². The first-order valence-corrected chi connectivity index (χ1v) is 7.96. The molecule has 1 saturated carbocycles. The Morgan fingerprint density at radius 1 is 1.50 bits per heavy atom. The molecule has 1 fully saturated rings. The van der Waals surface area contributed by atoms with Gasteiger partial charge in [-0.15, -0.1) is 0 Å². The maximum atomic E-state index is 11.6. The van der Waals surface area contributed by atoms with Gasteiger partial charge in [0.1, 0.15) is 5.60 Å². The third-order valence-corrected chi connectivity index (χ3v) is 3.77. The van der Waals surface area contributed by atoms with E-state index in [1.54, 1.807) is 0 Å². The highest BCUT2D eigenvalue weighted by Crippen LogP contribution is 2.25. The number of hydrogen-bond acceptors (Lipinski definition) is 4. The molecule has 18 heavy (non-hydrogen) atoms. The molecule has 0 radical (unpaired) electrons. The predicted molar refractivity (Wildman–Crippen MR) is 79.3 cm³/mol. The van der Waals surface area contributed by atoms with E-state index in [0.717, 1.165) is 25.7 Å². The minimum absolute atomic E-state index is 0.153. The molecule has 0 unspecified atom stereocenters. The number of alkyl carbamates (subject to hydrolysis) is 1.